The highest BCUT2D eigenvalue weighted by molar-refractivity contribution is 7.08. The van der Waals surface area contributed by atoms with Gasteiger partial charge in [-0.3, -0.25) is 0 Å². The molecule has 5 nitrogen and oxygen atoms in total. The van der Waals surface area contributed by atoms with Gasteiger partial charge in [0.2, 0.25) is 5.06 Å². The zero-order chi connectivity index (χ0) is 20.9. The van der Waals surface area contributed by atoms with Gasteiger partial charge in [0.1, 0.15) is 17.4 Å². The predicted octanol–water partition coefficient (Wildman–Crippen LogP) is 6.46. The van der Waals surface area contributed by atoms with E-state index in [9.17, 15) is 5.26 Å². The van der Waals surface area contributed by atoms with Crippen LogP contribution in [-0.4, -0.2) is 29.2 Å². The van der Waals surface area contributed by atoms with Crippen LogP contribution < -0.4 is 4.74 Å². The average molecular weight is 419 g/mol. The van der Waals surface area contributed by atoms with Gasteiger partial charge in [-0.1, -0.05) is 32.4 Å². The van der Waals surface area contributed by atoms with Crippen LogP contribution in [-0.2, 0) is 5.41 Å². The minimum atomic E-state index is -0.139. The van der Waals surface area contributed by atoms with E-state index in [0.717, 1.165) is 30.6 Å². The summed E-state index contributed by atoms with van der Waals surface area (Å²) in [5.74, 6) is 0.606. The molecule has 2 aromatic rings. The van der Waals surface area contributed by atoms with Gasteiger partial charge in [-0.15, -0.1) is 0 Å². The summed E-state index contributed by atoms with van der Waals surface area (Å²) in [6.45, 7) is 11.2. The van der Waals surface area contributed by atoms with Crippen molar-refractivity contribution in [2.24, 2.45) is 4.99 Å². The maximum atomic E-state index is 9.72. The Bertz CT molecular complexity index is 897. The number of aliphatic imine (C=N–C) groups is 1. The number of hydrogen-bond donors (Lipinski definition) is 0. The summed E-state index contributed by atoms with van der Waals surface area (Å²) < 4.78 is 10.6. The summed E-state index contributed by atoms with van der Waals surface area (Å²) in [5.41, 5.74) is 2.76. The van der Waals surface area contributed by atoms with Crippen LogP contribution in [0.15, 0.2) is 17.1 Å². The van der Waals surface area contributed by atoms with Crippen LogP contribution in [0.3, 0.4) is 0 Å². The Morgan fingerprint density at radius 1 is 1.36 bits per heavy atom. The van der Waals surface area contributed by atoms with E-state index in [1.54, 1.807) is 12.4 Å². The minimum Gasteiger partial charge on any atom is -0.443 e. The van der Waals surface area contributed by atoms with E-state index >= 15 is 0 Å². The summed E-state index contributed by atoms with van der Waals surface area (Å²) in [6.07, 6.45) is 3.57. The molecule has 0 saturated carbocycles. The fourth-order valence-electron chi connectivity index (χ4n) is 2.64. The number of aryl methyl sites for hydroxylation is 1. The zero-order valence-electron chi connectivity index (χ0n) is 17.3. The molecule has 1 aromatic carbocycles. The van der Waals surface area contributed by atoms with Crippen molar-refractivity contribution in [2.75, 3.05) is 13.6 Å². The third kappa shape index (κ3) is 4.65. The Labute approximate surface area is 176 Å². The molecule has 0 unspecified atom stereocenters. The molecule has 0 aliphatic heterocycles. The van der Waals surface area contributed by atoms with Crippen molar-refractivity contribution in [3.8, 4) is 16.9 Å². The molecular formula is C21H27ClN4OS. The van der Waals surface area contributed by atoms with Gasteiger partial charge < -0.3 is 9.64 Å². The van der Waals surface area contributed by atoms with Crippen molar-refractivity contribution < 1.29 is 4.74 Å². The topological polar surface area (TPSA) is 61.5 Å². The lowest BCUT2D eigenvalue weighted by Crippen LogP contribution is -2.21. The zero-order valence-corrected chi connectivity index (χ0v) is 18.9. The molecule has 1 heterocycles. The van der Waals surface area contributed by atoms with E-state index in [4.69, 9.17) is 16.3 Å². The number of benzene rings is 1. The van der Waals surface area contributed by atoms with Gasteiger partial charge >= 0.3 is 0 Å². The summed E-state index contributed by atoms with van der Waals surface area (Å²) >= 11 is 7.62. The molecule has 1 aromatic heterocycles. The number of halogens is 1. The molecule has 0 aliphatic rings. The van der Waals surface area contributed by atoms with Crippen LogP contribution >= 0.6 is 23.1 Å². The molecule has 0 saturated heterocycles. The quantitative estimate of drug-likeness (QED) is 0.364. The highest BCUT2D eigenvalue weighted by Gasteiger charge is 2.31. The van der Waals surface area contributed by atoms with Gasteiger partial charge in [-0.2, -0.15) is 9.64 Å². The van der Waals surface area contributed by atoms with Crippen molar-refractivity contribution in [1.29, 1.82) is 5.26 Å². The van der Waals surface area contributed by atoms with Gasteiger partial charge in [-0.25, -0.2) is 4.99 Å². The van der Waals surface area contributed by atoms with Crippen molar-refractivity contribution in [3.05, 3.63) is 34.0 Å². The maximum Gasteiger partial charge on any atom is 0.218 e. The molecule has 0 spiro atoms. The minimum absolute atomic E-state index is 0.139. The number of aromatic nitrogens is 1. The summed E-state index contributed by atoms with van der Waals surface area (Å²) in [7, 11) is 1.95. The van der Waals surface area contributed by atoms with Crippen molar-refractivity contribution >= 4 is 35.2 Å². The fraction of sp³-hybridized carbons (Fsp3) is 0.476. The largest absolute Gasteiger partial charge is 0.443 e. The average Bonchev–Trinajstić information content (AvgIpc) is 3.11. The van der Waals surface area contributed by atoms with Crippen LogP contribution in [0.4, 0.5) is 5.69 Å². The Morgan fingerprint density at radius 2 is 2.04 bits per heavy atom. The first-order valence-electron chi connectivity index (χ1n) is 9.42. The Kier molecular flexibility index (Phi) is 7.45. The van der Waals surface area contributed by atoms with Crippen LogP contribution in [0.1, 0.15) is 57.4 Å². The van der Waals surface area contributed by atoms with Crippen molar-refractivity contribution in [3.63, 3.8) is 0 Å². The molecule has 0 amide bonds. The lowest BCUT2D eigenvalue weighted by molar-refractivity contribution is 0.426. The Morgan fingerprint density at radius 3 is 2.61 bits per heavy atom. The molecular weight excluding hydrogens is 392 g/mol. The van der Waals surface area contributed by atoms with E-state index in [2.05, 4.69) is 36.2 Å². The van der Waals surface area contributed by atoms with Crippen LogP contribution in [0.5, 0.6) is 10.8 Å². The smallest absolute Gasteiger partial charge is 0.218 e. The predicted molar refractivity (Wildman–Crippen MR) is 117 cm³/mol. The second-order valence-corrected chi connectivity index (χ2v) is 8.21. The standard InChI is InChI=1S/C21H27ClN4OS/c1-7-21(5,8-2)19-15(12-23)20(28-25-19)27-18-11-16(22)17(10-14(18)4)24-13-26(6)9-3/h10-11,13H,7-9H2,1-6H3. The molecule has 150 valence electrons. The number of ether oxygens (including phenoxy) is 1. The van der Waals surface area contributed by atoms with Crippen LogP contribution in [0, 0.1) is 18.3 Å². The second-order valence-electron chi connectivity index (χ2n) is 7.06. The van der Waals surface area contributed by atoms with Gasteiger partial charge in [0.25, 0.3) is 0 Å². The summed E-state index contributed by atoms with van der Waals surface area (Å²) in [6, 6.07) is 5.91. The second kappa shape index (κ2) is 9.40. The van der Waals surface area contributed by atoms with E-state index in [1.165, 1.54) is 11.5 Å². The van der Waals surface area contributed by atoms with Crippen LogP contribution in [0.25, 0.3) is 0 Å². The molecule has 0 atom stereocenters. The van der Waals surface area contributed by atoms with E-state index in [-0.39, 0.29) is 5.41 Å². The number of nitriles is 1. The molecule has 7 heteroatoms. The van der Waals surface area contributed by atoms with Gasteiger partial charge in [-0.05, 0) is 38.3 Å². The molecule has 2 rings (SSSR count). The number of nitrogens with zero attached hydrogens (tertiary/aromatic N) is 4. The molecule has 0 bridgehead atoms. The third-order valence-corrected chi connectivity index (χ3v) is 6.27. The Balaban J connectivity index is 2.37. The highest BCUT2D eigenvalue weighted by atomic mass is 35.5. The highest BCUT2D eigenvalue weighted by Crippen LogP contribution is 2.42. The first-order valence-corrected chi connectivity index (χ1v) is 10.6. The van der Waals surface area contributed by atoms with Gasteiger partial charge in [0.05, 0.1) is 22.7 Å². The SMILES string of the molecule is CCN(C)C=Nc1cc(C)c(Oc2snc(C(C)(CC)CC)c2C#N)cc1Cl. The van der Waals surface area contributed by atoms with Crippen LogP contribution in [0.2, 0.25) is 5.02 Å². The van der Waals surface area contributed by atoms with Crippen molar-refractivity contribution in [1.82, 2.24) is 9.27 Å². The van der Waals surface area contributed by atoms with E-state index in [0.29, 0.717) is 27.1 Å². The third-order valence-electron chi connectivity index (χ3n) is 5.24. The lowest BCUT2D eigenvalue weighted by Gasteiger charge is -2.24. The van der Waals surface area contributed by atoms with Gasteiger partial charge in [0, 0.05) is 36.6 Å². The molecule has 0 fully saturated rings. The fourth-order valence-corrected chi connectivity index (χ4v) is 3.69. The maximum absolute atomic E-state index is 9.72. The summed E-state index contributed by atoms with van der Waals surface area (Å²) in [5, 5.41) is 10.7. The first-order chi connectivity index (χ1) is 13.3. The van der Waals surface area contributed by atoms with E-state index in [1.807, 2.05) is 31.9 Å². The van der Waals surface area contributed by atoms with Crippen molar-refractivity contribution in [2.45, 2.75) is 52.9 Å². The Hall–Kier alpha value is -2.10. The lowest BCUT2D eigenvalue weighted by atomic mass is 9.80. The molecule has 0 aliphatic carbocycles. The number of rotatable bonds is 8. The summed E-state index contributed by atoms with van der Waals surface area (Å²) in [4.78, 5) is 6.39. The van der Waals surface area contributed by atoms with Gasteiger partial charge in [0.15, 0.2) is 0 Å². The monoisotopic (exact) mass is 418 g/mol. The molecule has 0 N–H and O–H groups in total. The van der Waals surface area contributed by atoms with E-state index < -0.39 is 0 Å². The molecule has 0 radical (unpaired) electrons. The number of hydrogen-bond acceptors (Lipinski definition) is 5. The first kappa shape index (κ1) is 22.2. The molecule has 28 heavy (non-hydrogen) atoms. The normalized spacial score (nSPS) is 11.6.